The number of hydrogen-bond acceptors (Lipinski definition) is 6. The number of rotatable bonds is 5. The van der Waals surface area contributed by atoms with Gasteiger partial charge in [-0.25, -0.2) is 9.59 Å². The summed E-state index contributed by atoms with van der Waals surface area (Å²) in [7, 11) is 0. The van der Waals surface area contributed by atoms with Crippen LogP contribution in [0.4, 0.5) is 0 Å². The van der Waals surface area contributed by atoms with Crippen molar-refractivity contribution in [3.05, 3.63) is 46.4 Å². The lowest BCUT2D eigenvalue weighted by molar-refractivity contribution is -0.257. The fourth-order valence-electron chi connectivity index (χ4n) is 5.21. The molecule has 1 aromatic rings. The molecule has 1 heterocycles. The lowest BCUT2D eigenvalue weighted by Crippen LogP contribution is -2.62. The van der Waals surface area contributed by atoms with Crippen molar-refractivity contribution in [3.63, 3.8) is 0 Å². The zero-order chi connectivity index (χ0) is 23.8. The quantitative estimate of drug-likeness (QED) is 0.466. The van der Waals surface area contributed by atoms with Crippen LogP contribution < -0.4 is 0 Å². The Labute approximate surface area is 190 Å². The van der Waals surface area contributed by atoms with E-state index in [1.54, 1.807) is 26.2 Å². The number of hydrogen-bond donors (Lipinski definition) is 1. The van der Waals surface area contributed by atoms with Gasteiger partial charge >= 0.3 is 11.9 Å². The minimum absolute atomic E-state index is 0.0153. The first-order chi connectivity index (χ1) is 15.0. The smallest absolute Gasteiger partial charge is 0.334 e. The maximum atomic E-state index is 12.8. The number of esters is 2. The normalized spacial score (nSPS) is 32.7. The lowest BCUT2D eigenvalue weighted by atomic mass is 9.50. The number of furan rings is 1. The highest BCUT2D eigenvalue weighted by Crippen LogP contribution is 2.65. The Kier molecular flexibility index (Phi) is 6.75. The van der Waals surface area contributed by atoms with E-state index in [2.05, 4.69) is 6.92 Å². The van der Waals surface area contributed by atoms with Crippen molar-refractivity contribution in [1.82, 2.24) is 0 Å². The lowest BCUT2D eigenvalue weighted by Gasteiger charge is -2.59. The summed E-state index contributed by atoms with van der Waals surface area (Å²) in [6.45, 7) is 13.2. The first-order valence-corrected chi connectivity index (χ1v) is 11.5. The van der Waals surface area contributed by atoms with Gasteiger partial charge in [0, 0.05) is 22.6 Å². The van der Waals surface area contributed by atoms with E-state index in [-0.39, 0.29) is 5.92 Å². The molecule has 0 bridgehead atoms. The van der Waals surface area contributed by atoms with Gasteiger partial charge in [-0.1, -0.05) is 38.8 Å². The third-order valence-electron chi connectivity index (χ3n) is 7.82. The van der Waals surface area contributed by atoms with Crippen LogP contribution in [-0.2, 0) is 19.1 Å². The average Bonchev–Trinajstić information content (AvgIpc) is 3.13. The van der Waals surface area contributed by atoms with Gasteiger partial charge in [0.15, 0.2) is 11.9 Å². The molecule has 5 atom stereocenters. The second kappa shape index (κ2) is 8.89. The molecule has 1 fully saturated rings. The number of ether oxygens (including phenoxy) is 2. The molecule has 2 aliphatic rings. The van der Waals surface area contributed by atoms with Crippen LogP contribution in [0.3, 0.4) is 0 Å². The Morgan fingerprint density at radius 1 is 1.28 bits per heavy atom. The van der Waals surface area contributed by atoms with Crippen LogP contribution >= 0.6 is 0 Å². The predicted molar refractivity (Wildman–Crippen MR) is 121 cm³/mol. The molecule has 1 N–H and O–H groups in total. The van der Waals surface area contributed by atoms with E-state index in [4.69, 9.17) is 13.9 Å². The third kappa shape index (κ3) is 3.72. The highest BCUT2D eigenvalue weighted by atomic mass is 16.6. The van der Waals surface area contributed by atoms with Crippen molar-refractivity contribution in [2.75, 3.05) is 0 Å². The van der Waals surface area contributed by atoms with Crippen molar-refractivity contribution in [1.29, 1.82) is 0 Å². The Bertz CT molecular complexity index is 954. The van der Waals surface area contributed by atoms with Crippen molar-refractivity contribution in [3.8, 4) is 0 Å². The number of allylic oxidation sites excluding steroid dienone is 2. The molecule has 32 heavy (non-hydrogen) atoms. The van der Waals surface area contributed by atoms with Crippen LogP contribution in [0, 0.1) is 18.3 Å². The zero-order valence-corrected chi connectivity index (χ0v) is 20.3. The Morgan fingerprint density at radius 2 is 1.97 bits per heavy atom. The Hall–Kier alpha value is -2.34. The van der Waals surface area contributed by atoms with E-state index >= 15 is 0 Å². The van der Waals surface area contributed by atoms with Gasteiger partial charge in [-0.3, -0.25) is 0 Å². The molecule has 0 aliphatic heterocycles. The summed E-state index contributed by atoms with van der Waals surface area (Å²) < 4.78 is 17.8. The largest absolute Gasteiger partial charge is 0.465 e. The molecule has 176 valence electrons. The molecule has 5 unspecified atom stereocenters. The molecule has 3 rings (SSSR count). The molecule has 1 saturated carbocycles. The summed E-state index contributed by atoms with van der Waals surface area (Å²) in [6, 6.07) is 0. The summed E-state index contributed by atoms with van der Waals surface area (Å²) in [5.74, 6) is -0.559. The molecule has 6 nitrogen and oxygen atoms in total. The van der Waals surface area contributed by atoms with Crippen molar-refractivity contribution < 1.29 is 28.6 Å². The summed E-state index contributed by atoms with van der Waals surface area (Å²) in [6.07, 6.45) is 5.84. The van der Waals surface area contributed by atoms with E-state index in [1.165, 1.54) is 6.08 Å². The summed E-state index contributed by atoms with van der Waals surface area (Å²) in [5.41, 5.74) is 0.570. The van der Waals surface area contributed by atoms with Gasteiger partial charge in [-0.15, -0.1) is 0 Å². The zero-order valence-electron chi connectivity index (χ0n) is 20.3. The van der Waals surface area contributed by atoms with Gasteiger partial charge in [0.1, 0.15) is 11.7 Å². The van der Waals surface area contributed by atoms with Crippen LogP contribution in [0.5, 0.6) is 0 Å². The molecule has 0 amide bonds. The number of carbonyl (C=O) groups is 2. The second-order valence-corrected chi connectivity index (χ2v) is 9.62. The van der Waals surface area contributed by atoms with Gasteiger partial charge in [0.25, 0.3) is 0 Å². The van der Waals surface area contributed by atoms with Crippen molar-refractivity contribution >= 4 is 11.9 Å². The van der Waals surface area contributed by atoms with Crippen molar-refractivity contribution in [2.45, 2.75) is 92.0 Å². The summed E-state index contributed by atoms with van der Waals surface area (Å²) in [4.78, 5) is 25.6. The molecule has 0 saturated heterocycles. The van der Waals surface area contributed by atoms with Gasteiger partial charge in [-0.05, 0) is 58.4 Å². The SMILES string of the molecule is CC=C(C)C(=O)OC1c2c(C)coc2C(OC(=O)C=C(C)CC)C2(O)CCCC(C)C12C. The molecule has 1 aromatic heterocycles. The number of carbonyl (C=O) groups excluding carboxylic acids is 2. The molecule has 0 aromatic carbocycles. The monoisotopic (exact) mass is 444 g/mol. The minimum atomic E-state index is -1.44. The maximum absolute atomic E-state index is 12.8. The minimum Gasteiger partial charge on any atom is -0.465 e. The highest BCUT2D eigenvalue weighted by Gasteiger charge is 2.68. The van der Waals surface area contributed by atoms with Crippen molar-refractivity contribution in [2.24, 2.45) is 11.3 Å². The number of aryl methyl sites for hydroxylation is 1. The van der Waals surface area contributed by atoms with E-state index in [0.717, 1.165) is 30.4 Å². The fraction of sp³-hybridized carbons (Fsp3) is 0.615. The number of fused-ring (bicyclic) bond motifs is 2. The van der Waals surface area contributed by atoms with E-state index in [9.17, 15) is 14.7 Å². The first kappa shape index (κ1) is 24.3. The standard InChI is InChI=1S/C26H36O6/c1-8-15(3)13-19(27)31-23-21-20(17(5)14-30-21)22(32-24(28)16(4)9-2)25(7)18(6)11-10-12-26(23,25)29/h9,13-14,18,22-23,29H,8,10-12H2,1-7H3. The molecule has 0 radical (unpaired) electrons. The molecular formula is C26H36O6. The Balaban J connectivity index is 2.17. The molecule has 2 aliphatic carbocycles. The summed E-state index contributed by atoms with van der Waals surface area (Å²) >= 11 is 0. The predicted octanol–water partition coefficient (Wildman–Crippen LogP) is 5.65. The van der Waals surface area contributed by atoms with Crippen LogP contribution in [0.1, 0.15) is 96.3 Å². The Morgan fingerprint density at radius 3 is 2.59 bits per heavy atom. The van der Waals surface area contributed by atoms with Crippen LogP contribution in [-0.4, -0.2) is 22.6 Å². The van der Waals surface area contributed by atoms with Crippen LogP contribution in [0.15, 0.2) is 34.0 Å². The van der Waals surface area contributed by atoms with E-state index in [1.807, 2.05) is 27.7 Å². The van der Waals surface area contributed by atoms with Crippen LogP contribution in [0.2, 0.25) is 0 Å². The third-order valence-corrected chi connectivity index (χ3v) is 7.82. The van der Waals surface area contributed by atoms with Gasteiger partial charge in [-0.2, -0.15) is 0 Å². The summed E-state index contributed by atoms with van der Waals surface area (Å²) in [5, 5.41) is 12.2. The maximum Gasteiger partial charge on any atom is 0.334 e. The first-order valence-electron chi connectivity index (χ1n) is 11.5. The topological polar surface area (TPSA) is 86.0 Å². The van der Waals surface area contributed by atoms with Gasteiger partial charge in [0.2, 0.25) is 0 Å². The van der Waals surface area contributed by atoms with E-state index in [0.29, 0.717) is 23.3 Å². The van der Waals surface area contributed by atoms with E-state index < -0.39 is 35.2 Å². The second-order valence-electron chi connectivity index (χ2n) is 9.62. The molecular weight excluding hydrogens is 408 g/mol. The van der Waals surface area contributed by atoms with Crippen LogP contribution in [0.25, 0.3) is 0 Å². The highest BCUT2D eigenvalue weighted by molar-refractivity contribution is 5.88. The average molecular weight is 445 g/mol. The number of aliphatic hydroxyl groups is 1. The van der Waals surface area contributed by atoms with Gasteiger partial charge in [0.05, 0.1) is 6.26 Å². The fourth-order valence-corrected chi connectivity index (χ4v) is 5.21. The molecule has 0 spiro atoms. The molecule has 6 heteroatoms. The van der Waals surface area contributed by atoms with Gasteiger partial charge < -0.3 is 19.0 Å².